The Kier molecular flexibility index (Phi) is 7.53. The summed E-state index contributed by atoms with van der Waals surface area (Å²) in [6.45, 7) is 0.261. The Balaban J connectivity index is 2.17. The molecule has 2 rings (SSSR count). The Hall–Kier alpha value is -2.47. The molecule has 0 fully saturated rings. The number of hydrogen-bond acceptors (Lipinski definition) is 3. The number of nitrogens with zero attached hydrogens (tertiary/aromatic N) is 2. The summed E-state index contributed by atoms with van der Waals surface area (Å²) >= 11 is 1.56. The lowest BCUT2D eigenvalue weighted by atomic mass is 10.1. The third kappa shape index (κ3) is 6.11. The third-order valence-corrected chi connectivity index (χ3v) is 5.13. The second-order valence-electron chi connectivity index (χ2n) is 6.17. The van der Waals surface area contributed by atoms with Gasteiger partial charge in [-0.05, 0) is 17.7 Å². The number of benzene rings is 2. The SMILES string of the molecule is CN(C)C(=O)CC(CSc1ccccc1)N(Cc1ccccc1)C(=O)O. The van der Waals surface area contributed by atoms with E-state index in [1.165, 1.54) is 9.80 Å². The van der Waals surface area contributed by atoms with E-state index >= 15 is 0 Å². The predicted octanol–water partition coefficient (Wildman–Crippen LogP) is 3.81. The van der Waals surface area contributed by atoms with E-state index in [4.69, 9.17) is 0 Å². The molecule has 0 aliphatic heterocycles. The average molecular weight is 372 g/mol. The molecule has 6 heteroatoms. The summed E-state index contributed by atoms with van der Waals surface area (Å²) in [5, 5.41) is 9.75. The van der Waals surface area contributed by atoms with Gasteiger partial charge in [-0.15, -0.1) is 11.8 Å². The second-order valence-corrected chi connectivity index (χ2v) is 7.26. The molecule has 0 radical (unpaired) electrons. The number of carboxylic acid groups (broad SMARTS) is 1. The molecular weight excluding hydrogens is 348 g/mol. The molecule has 138 valence electrons. The van der Waals surface area contributed by atoms with Crippen LogP contribution in [-0.4, -0.2) is 52.8 Å². The van der Waals surface area contributed by atoms with E-state index in [0.29, 0.717) is 5.75 Å². The van der Waals surface area contributed by atoms with Crippen LogP contribution in [0, 0.1) is 0 Å². The largest absolute Gasteiger partial charge is 0.465 e. The summed E-state index contributed by atoms with van der Waals surface area (Å²) < 4.78 is 0. The van der Waals surface area contributed by atoms with Crippen LogP contribution < -0.4 is 0 Å². The van der Waals surface area contributed by atoms with Gasteiger partial charge in [0.1, 0.15) is 0 Å². The highest BCUT2D eigenvalue weighted by Crippen LogP contribution is 2.23. The molecule has 0 saturated carbocycles. The molecule has 5 nitrogen and oxygen atoms in total. The van der Waals surface area contributed by atoms with E-state index < -0.39 is 12.1 Å². The van der Waals surface area contributed by atoms with Crippen LogP contribution >= 0.6 is 11.8 Å². The summed E-state index contributed by atoms with van der Waals surface area (Å²) in [4.78, 5) is 28.1. The van der Waals surface area contributed by atoms with E-state index in [1.807, 2.05) is 60.7 Å². The maximum Gasteiger partial charge on any atom is 0.407 e. The van der Waals surface area contributed by atoms with E-state index in [-0.39, 0.29) is 18.9 Å². The van der Waals surface area contributed by atoms with Gasteiger partial charge in [-0.2, -0.15) is 0 Å². The van der Waals surface area contributed by atoms with Crippen LogP contribution in [0.5, 0.6) is 0 Å². The molecule has 0 aromatic heterocycles. The van der Waals surface area contributed by atoms with Crippen LogP contribution in [0.4, 0.5) is 4.79 Å². The first kappa shape index (κ1) is 19.8. The van der Waals surface area contributed by atoms with Crippen molar-refractivity contribution in [3.8, 4) is 0 Å². The van der Waals surface area contributed by atoms with Gasteiger partial charge in [0, 0.05) is 37.7 Å². The summed E-state index contributed by atoms with van der Waals surface area (Å²) in [7, 11) is 3.37. The Morgan fingerprint density at radius 3 is 2.12 bits per heavy atom. The van der Waals surface area contributed by atoms with Crippen molar-refractivity contribution in [2.75, 3.05) is 19.8 Å². The van der Waals surface area contributed by atoms with Crippen molar-refractivity contribution in [2.45, 2.75) is 23.9 Å². The van der Waals surface area contributed by atoms with Crippen LogP contribution in [0.3, 0.4) is 0 Å². The minimum Gasteiger partial charge on any atom is -0.465 e. The minimum atomic E-state index is -1.01. The second kappa shape index (κ2) is 9.87. The molecule has 0 aliphatic carbocycles. The fourth-order valence-electron chi connectivity index (χ4n) is 2.49. The van der Waals surface area contributed by atoms with Gasteiger partial charge < -0.3 is 10.0 Å². The van der Waals surface area contributed by atoms with Gasteiger partial charge in [0.15, 0.2) is 0 Å². The number of carbonyl (C=O) groups excluding carboxylic acids is 1. The van der Waals surface area contributed by atoms with Gasteiger partial charge >= 0.3 is 6.09 Å². The topological polar surface area (TPSA) is 60.9 Å². The normalized spacial score (nSPS) is 11.6. The monoisotopic (exact) mass is 372 g/mol. The standard InChI is InChI=1S/C20H24N2O3S/c1-21(2)19(23)13-17(15-26-18-11-7-4-8-12-18)22(20(24)25)14-16-9-5-3-6-10-16/h3-12,17H,13-15H2,1-2H3,(H,24,25). The van der Waals surface area contributed by atoms with E-state index in [2.05, 4.69) is 0 Å². The van der Waals surface area contributed by atoms with Crippen LogP contribution in [0.25, 0.3) is 0 Å². The summed E-state index contributed by atoms with van der Waals surface area (Å²) in [5.74, 6) is 0.436. The molecular formula is C20H24N2O3S. The average Bonchev–Trinajstić information content (AvgIpc) is 2.64. The lowest BCUT2D eigenvalue weighted by molar-refractivity contribution is -0.129. The maximum absolute atomic E-state index is 12.2. The lowest BCUT2D eigenvalue weighted by Crippen LogP contribution is -2.43. The molecule has 2 amide bonds. The van der Waals surface area contributed by atoms with Gasteiger partial charge in [-0.25, -0.2) is 4.79 Å². The van der Waals surface area contributed by atoms with Crippen molar-refractivity contribution in [1.82, 2.24) is 9.80 Å². The molecule has 26 heavy (non-hydrogen) atoms. The van der Waals surface area contributed by atoms with Crippen LogP contribution in [0.15, 0.2) is 65.6 Å². The summed E-state index contributed by atoms with van der Waals surface area (Å²) in [6, 6.07) is 18.8. The van der Waals surface area contributed by atoms with E-state index in [9.17, 15) is 14.7 Å². The van der Waals surface area contributed by atoms with Gasteiger partial charge in [-0.3, -0.25) is 9.69 Å². The van der Waals surface area contributed by atoms with Gasteiger partial charge in [-0.1, -0.05) is 48.5 Å². The molecule has 0 saturated heterocycles. The fraction of sp³-hybridized carbons (Fsp3) is 0.300. The molecule has 1 N–H and O–H groups in total. The Morgan fingerprint density at radius 1 is 1.00 bits per heavy atom. The van der Waals surface area contributed by atoms with Gasteiger partial charge in [0.2, 0.25) is 5.91 Å². The van der Waals surface area contributed by atoms with Crippen molar-refractivity contribution in [2.24, 2.45) is 0 Å². The first-order valence-electron chi connectivity index (χ1n) is 8.39. The molecule has 0 aliphatic rings. The summed E-state index contributed by atoms with van der Waals surface area (Å²) in [6.07, 6.45) is -0.856. The number of thioether (sulfide) groups is 1. The highest BCUT2D eigenvalue weighted by atomic mass is 32.2. The maximum atomic E-state index is 12.2. The number of hydrogen-bond donors (Lipinski definition) is 1. The van der Waals surface area contributed by atoms with Crippen LogP contribution in [0.2, 0.25) is 0 Å². The molecule has 1 atom stereocenters. The molecule has 0 bridgehead atoms. The third-order valence-electron chi connectivity index (χ3n) is 3.98. The predicted molar refractivity (Wildman–Crippen MR) is 104 cm³/mol. The van der Waals surface area contributed by atoms with Gasteiger partial charge in [0.05, 0.1) is 6.04 Å². The first-order valence-corrected chi connectivity index (χ1v) is 9.37. The van der Waals surface area contributed by atoms with Crippen LogP contribution in [-0.2, 0) is 11.3 Å². The lowest BCUT2D eigenvalue weighted by Gasteiger charge is -2.30. The minimum absolute atomic E-state index is 0.0806. The molecule has 0 spiro atoms. The number of carbonyl (C=O) groups is 2. The number of rotatable bonds is 8. The zero-order chi connectivity index (χ0) is 18.9. The van der Waals surface area contributed by atoms with Crippen molar-refractivity contribution < 1.29 is 14.7 Å². The van der Waals surface area contributed by atoms with Crippen molar-refractivity contribution in [3.05, 3.63) is 66.2 Å². The Bertz CT molecular complexity index is 708. The van der Waals surface area contributed by atoms with Crippen molar-refractivity contribution in [1.29, 1.82) is 0 Å². The van der Waals surface area contributed by atoms with Crippen LogP contribution in [0.1, 0.15) is 12.0 Å². The smallest absolute Gasteiger partial charge is 0.407 e. The zero-order valence-electron chi connectivity index (χ0n) is 15.0. The highest BCUT2D eigenvalue weighted by Gasteiger charge is 2.26. The molecule has 0 heterocycles. The Morgan fingerprint density at radius 2 is 1.58 bits per heavy atom. The Labute approximate surface area is 158 Å². The van der Waals surface area contributed by atoms with E-state index in [1.54, 1.807) is 25.9 Å². The van der Waals surface area contributed by atoms with Gasteiger partial charge in [0.25, 0.3) is 0 Å². The molecule has 2 aromatic carbocycles. The zero-order valence-corrected chi connectivity index (χ0v) is 15.9. The van der Waals surface area contributed by atoms with Crippen molar-refractivity contribution in [3.63, 3.8) is 0 Å². The fourth-order valence-corrected chi connectivity index (χ4v) is 3.52. The molecule has 1 unspecified atom stereocenters. The first-order chi connectivity index (χ1) is 12.5. The quantitative estimate of drug-likeness (QED) is 0.716. The van der Waals surface area contributed by atoms with Crippen molar-refractivity contribution >= 4 is 23.8 Å². The summed E-state index contributed by atoms with van der Waals surface area (Å²) in [5.41, 5.74) is 0.905. The van der Waals surface area contributed by atoms with E-state index in [0.717, 1.165) is 10.5 Å². The number of amides is 2. The highest BCUT2D eigenvalue weighted by molar-refractivity contribution is 7.99. The molecule has 2 aromatic rings.